The van der Waals surface area contributed by atoms with E-state index in [1.54, 1.807) is 11.3 Å². The molecule has 0 aliphatic carbocycles. The molecule has 3 aromatic rings. The Bertz CT molecular complexity index is 719. The Kier molecular flexibility index (Phi) is 3.31. The van der Waals surface area contributed by atoms with Crippen LogP contribution in [0.15, 0.2) is 29.8 Å². The van der Waals surface area contributed by atoms with Crippen LogP contribution in [0.3, 0.4) is 0 Å². The molecule has 0 amide bonds. The number of hydrogen-bond acceptors (Lipinski definition) is 4. The number of nitrogens with one attached hydrogen (secondary N) is 1. The van der Waals surface area contributed by atoms with Gasteiger partial charge in [-0.1, -0.05) is 6.07 Å². The summed E-state index contributed by atoms with van der Waals surface area (Å²) in [7, 11) is 1.92. The van der Waals surface area contributed by atoms with Crippen LogP contribution in [0, 0.1) is 4.77 Å². The highest BCUT2D eigenvalue weighted by molar-refractivity contribution is 7.71. The third-order valence-corrected chi connectivity index (χ3v) is 4.04. The smallest absolute Gasteiger partial charge is 0.195 e. The summed E-state index contributed by atoms with van der Waals surface area (Å²) in [5.41, 5.74) is 1.06. The van der Waals surface area contributed by atoms with Gasteiger partial charge in [0.1, 0.15) is 0 Å². The van der Waals surface area contributed by atoms with Crippen LogP contribution in [0.4, 0.5) is 0 Å². The molecule has 1 N–H and O–H groups in total. The van der Waals surface area contributed by atoms with Crippen molar-refractivity contribution in [2.45, 2.75) is 13.0 Å². The number of rotatable bonds is 4. The minimum atomic E-state index is 0.652. The first-order valence-corrected chi connectivity index (χ1v) is 7.20. The summed E-state index contributed by atoms with van der Waals surface area (Å²) in [6.45, 7) is 0.777. The first kappa shape index (κ1) is 12.3. The quantitative estimate of drug-likeness (QED) is 0.752. The maximum absolute atomic E-state index is 5.29. The molecular formula is C12H13N5S2. The van der Waals surface area contributed by atoms with Crippen molar-refractivity contribution in [3.05, 3.63) is 40.2 Å². The molecule has 0 aromatic carbocycles. The Morgan fingerprint density at radius 1 is 1.42 bits per heavy atom. The molecule has 98 valence electrons. The third kappa shape index (κ3) is 2.52. The summed E-state index contributed by atoms with van der Waals surface area (Å²) in [4.78, 5) is 1.12. The van der Waals surface area contributed by atoms with Gasteiger partial charge in [-0.15, -0.1) is 11.3 Å². The maximum atomic E-state index is 5.29. The standard InChI is InChI=1S/C12H13N5S2/c1-16-6-4-9(15-16)5-7-17-11(13-14-12(17)18)10-3-2-8-19-10/h2-4,6,8H,5,7H2,1H3,(H,14,18). The normalized spacial score (nSPS) is 11.0. The molecule has 0 bridgehead atoms. The number of thiophene rings is 1. The summed E-state index contributed by atoms with van der Waals surface area (Å²) in [6.07, 6.45) is 2.79. The average Bonchev–Trinajstić information content (AvgIpc) is 3.08. The van der Waals surface area contributed by atoms with Gasteiger partial charge in [0.2, 0.25) is 0 Å². The number of H-pyrrole nitrogens is 1. The molecule has 3 rings (SSSR count). The zero-order chi connectivity index (χ0) is 13.2. The lowest BCUT2D eigenvalue weighted by Crippen LogP contribution is -2.04. The molecular weight excluding hydrogens is 278 g/mol. The molecule has 5 nitrogen and oxygen atoms in total. The van der Waals surface area contributed by atoms with Gasteiger partial charge >= 0.3 is 0 Å². The van der Waals surface area contributed by atoms with Gasteiger partial charge in [-0.2, -0.15) is 10.2 Å². The van der Waals surface area contributed by atoms with Gasteiger partial charge in [0.05, 0.1) is 10.6 Å². The molecule has 0 fully saturated rings. The fraction of sp³-hybridized carbons (Fsp3) is 0.250. The number of nitrogens with zero attached hydrogens (tertiary/aromatic N) is 4. The summed E-state index contributed by atoms with van der Waals surface area (Å²) < 4.78 is 4.49. The lowest BCUT2D eigenvalue weighted by Gasteiger charge is -2.03. The van der Waals surface area contributed by atoms with Gasteiger partial charge in [0.25, 0.3) is 0 Å². The van der Waals surface area contributed by atoms with Crippen molar-refractivity contribution in [1.29, 1.82) is 0 Å². The molecule has 0 atom stereocenters. The topological polar surface area (TPSA) is 51.4 Å². The van der Waals surface area contributed by atoms with Crippen LogP contribution in [0.25, 0.3) is 10.7 Å². The molecule has 0 aliphatic heterocycles. The Hall–Kier alpha value is -1.73. The highest BCUT2D eigenvalue weighted by Crippen LogP contribution is 2.22. The number of aromatic amines is 1. The van der Waals surface area contributed by atoms with E-state index in [0.29, 0.717) is 4.77 Å². The second-order valence-corrected chi connectivity index (χ2v) is 5.55. The monoisotopic (exact) mass is 291 g/mol. The Morgan fingerprint density at radius 3 is 3.00 bits per heavy atom. The molecule has 7 heteroatoms. The number of hydrogen-bond donors (Lipinski definition) is 1. The molecule has 0 spiro atoms. The van der Waals surface area contributed by atoms with Crippen LogP contribution in [0.5, 0.6) is 0 Å². The largest absolute Gasteiger partial charge is 0.299 e. The second-order valence-electron chi connectivity index (χ2n) is 4.21. The van der Waals surface area contributed by atoms with Gasteiger partial charge in [-0.3, -0.25) is 14.3 Å². The van der Waals surface area contributed by atoms with Gasteiger partial charge in [-0.25, -0.2) is 0 Å². The second kappa shape index (κ2) is 5.10. The van der Waals surface area contributed by atoms with Gasteiger partial charge in [-0.05, 0) is 29.7 Å². The molecule has 0 aliphatic rings. The summed E-state index contributed by atoms with van der Waals surface area (Å²) in [6, 6.07) is 6.09. The molecule has 3 heterocycles. The van der Waals surface area contributed by atoms with E-state index in [2.05, 4.69) is 15.3 Å². The summed E-state index contributed by atoms with van der Waals surface area (Å²) >= 11 is 6.95. The van der Waals surface area contributed by atoms with E-state index in [0.717, 1.165) is 29.4 Å². The Morgan fingerprint density at radius 2 is 2.32 bits per heavy atom. The zero-order valence-electron chi connectivity index (χ0n) is 10.4. The highest BCUT2D eigenvalue weighted by Gasteiger charge is 2.10. The Balaban J connectivity index is 1.85. The number of aryl methyl sites for hydroxylation is 2. The van der Waals surface area contributed by atoms with Crippen molar-refractivity contribution in [3.8, 4) is 10.7 Å². The third-order valence-electron chi connectivity index (χ3n) is 2.86. The van der Waals surface area contributed by atoms with Crippen molar-refractivity contribution in [1.82, 2.24) is 24.5 Å². The fourth-order valence-electron chi connectivity index (χ4n) is 1.94. The molecule has 0 radical (unpaired) electrons. The van der Waals surface area contributed by atoms with Gasteiger partial charge < -0.3 is 0 Å². The van der Waals surface area contributed by atoms with E-state index in [1.807, 2.05) is 46.1 Å². The summed E-state index contributed by atoms with van der Waals surface area (Å²) in [5, 5.41) is 13.6. The molecule has 0 saturated heterocycles. The highest BCUT2D eigenvalue weighted by atomic mass is 32.1. The SMILES string of the molecule is Cn1ccc(CCn2c(-c3cccs3)n[nH]c2=S)n1. The Labute approximate surface area is 119 Å². The molecule has 0 unspecified atom stereocenters. The van der Waals surface area contributed by atoms with Crippen LogP contribution >= 0.6 is 23.6 Å². The summed E-state index contributed by atoms with van der Waals surface area (Å²) in [5.74, 6) is 0.899. The van der Waals surface area contributed by atoms with E-state index >= 15 is 0 Å². The predicted molar refractivity (Wildman–Crippen MR) is 77.6 cm³/mol. The number of aromatic nitrogens is 5. The molecule has 19 heavy (non-hydrogen) atoms. The lowest BCUT2D eigenvalue weighted by atomic mass is 10.3. The van der Waals surface area contributed by atoms with Crippen LogP contribution in [0.2, 0.25) is 0 Å². The van der Waals surface area contributed by atoms with Crippen LogP contribution in [-0.2, 0) is 20.0 Å². The first-order chi connectivity index (χ1) is 9.24. The first-order valence-electron chi connectivity index (χ1n) is 5.91. The van der Waals surface area contributed by atoms with Crippen LogP contribution in [0.1, 0.15) is 5.69 Å². The van der Waals surface area contributed by atoms with Gasteiger partial charge in [0.15, 0.2) is 10.6 Å². The van der Waals surface area contributed by atoms with E-state index in [4.69, 9.17) is 12.2 Å². The van der Waals surface area contributed by atoms with E-state index < -0.39 is 0 Å². The van der Waals surface area contributed by atoms with Crippen LogP contribution in [-0.4, -0.2) is 24.5 Å². The lowest BCUT2D eigenvalue weighted by molar-refractivity contribution is 0.662. The van der Waals surface area contributed by atoms with E-state index in [1.165, 1.54) is 0 Å². The maximum Gasteiger partial charge on any atom is 0.195 e. The minimum absolute atomic E-state index is 0.652. The molecule has 0 saturated carbocycles. The fourth-order valence-corrected chi connectivity index (χ4v) is 2.89. The van der Waals surface area contributed by atoms with Crippen molar-refractivity contribution in [3.63, 3.8) is 0 Å². The van der Waals surface area contributed by atoms with E-state index in [9.17, 15) is 0 Å². The molecule has 3 aromatic heterocycles. The van der Waals surface area contributed by atoms with Crippen molar-refractivity contribution in [2.24, 2.45) is 7.05 Å². The average molecular weight is 291 g/mol. The van der Waals surface area contributed by atoms with E-state index in [-0.39, 0.29) is 0 Å². The minimum Gasteiger partial charge on any atom is -0.299 e. The zero-order valence-corrected chi connectivity index (χ0v) is 12.0. The van der Waals surface area contributed by atoms with Crippen LogP contribution < -0.4 is 0 Å². The van der Waals surface area contributed by atoms with Crippen molar-refractivity contribution < 1.29 is 0 Å². The van der Waals surface area contributed by atoms with Crippen molar-refractivity contribution >= 4 is 23.6 Å². The van der Waals surface area contributed by atoms with Crippen molar-refractivity contribution in [2.75, 3.05) is 0 Å². The van der Waals surface area contributed by atoms with Gasteiger partial charge in [0, 0.05) is 26.2 Å². The predicted octanol–water partition coefficient (Wildman–Crippen LogP) is 2.65.